The number of benzene rings is 1. The molecule has 0 atom stereocenters. The van der Waals surface area contributed by atoms with Gasteiger partial charge >= 0.3 is 0 Å². The van der Waals surface area contributed by atoms with Crippen molar-refractivity contribution in [3.05, 3.63) is 40.4 Å². The summed E-state index contributed by atoms with van der Waals surface area (Å²) >= 11 is 7.18. The predicted octanol–water partition coefficient (Wildman–Crippen LogP) is 3.77. The van der Waals surface area contributed by atoms with Crippen molar-refractivity contribution in [1.82, 2.24) is 4.98 Å². The molecule has 0 amide bonds. The molecule has 0 aliphatic carbocycles. The molecule has 1 heterocycles. The Bertz CT molecular complexity index is 512. The predicted molar refractivity (Wildman–Crippen MR) is 71.6 cm³/mol. The number of anilines is 2. The lowest BCUT2D eigenvalue weighted by atomic mass is 10.3. The van der Waals surface area contributed by atoms with Gasteiger partial charge in [0.1, 0.15) is 4.88 Å². The smallest absolute Gasteiger partial charge is 0.191 e. The number of hydrogen-bond acceptors (Lipinski definition) is 4. The van der Waals surface area contributed by atoms with E-state index in [1.807, 2.05) is 42.2 Å². The summed E-state index contributed by atoms with van der Waals surface area (Å²) in [6.07, 6.45) is 0.738. The SMILES string of the molecule is CCN(c1ccccc1)c1nc(Cl)c(C=O)s1. The number of aromatic nitrogens is 1. The zero-order chi connectivity index (χ0) is 12.3. The molecule has 0 saturated heterocycles. The third-order valence-electron chi connectivity index (χ3n) is 2.32. The Morgan fingerprint density at radius 3 is 2.65 bits per heavy atom. The van der Waals surface area contributed by atoms with E-state index in [9.17, 15) is 4.79 Å². The summed E-state index contributed by atoms with van der Waals surface area (Å²) < 4.78 is 0. The number of aldehydes is 1. The normalized spacial score (nSPS) is 10.2. The van der Waals surface area contributed by atoms with Gasteiger partial charge in [0, 0.05) is 12.2 Å². The van der Waals surface area contributed by atoms with Gasteiger partial charge in [0.25, 0.3) is 0 Å². The van der Waals surface area contributed by atoms with E-state index in [4.69, 9.17) is 11.6 Å². The summed E-state index contributed by atoms with van der Waals surface area (Å²) in [5.41, 5.74) is 1.04. The van der Waals surface area contributed by atoms with Gasteiger partial charge in [-0.05, 0) is 19.1 Å². The summed E-state index contributed by atoms with van der Waals surface area (Å²) in [5.74, 6) is 0. The number of hydrogen-bond donors (Lipinski definition) is 0. The Morgan fingerprint density at radius 1 is 1.41 bits per heavy atom. The Hall–Kier alpha value is -1.39. The second kappa shape index (κ2) is 5.29. The average molecular weight is 267 g/mol. The lowest BCUT2D eigenvalue weighted by Crippen LogP contribution is -2.15. The first-order valence-electron chi connectivity index (χ1n) is 5.20. The number of carbonyl (C=O) groups is 1. The molecule has 1 aromatic carbocycles. The quantitative estimate of drug-likeness (QED) is 0.790. The maximum Gasteiger partial charge on any atom is 0.191 e. The zero-order valence-corrected chi connectivity index (χ0v) is 10.8. The number of para-hydroxylation sites is 1. The van der Waals surface area contributed by atoms with Gasteiger partial charge in [-0.2, -0.15) is 0 Å². The van der Waals surface area contributed by atoms with Crippen molar-refractivity contribution in [2.45, 2.75) is 6.92 Å². The third kappa shape index (κ3) is 2.48. The van der Waals surface area contributed by atoms with Crippen molar-refractivity contribution in [3.63, 3.8) is 0 Å². The van der Waals surface area contributed by atoms with Crippen LogP contribution in [0.1, 0.15) is 16.6 Å². The monoisotopic (exact) mass is 266 g/mol. The Labute approximate surface area is 109 Å². The van der Waals surface area contributed by atoms with Crippen LogP contribution in [0.15, 0.2) is 30.3 Å². The van der Waals surface area contributed by atoms with Crippen molar-refractivity contribution in [1.29, 1.82) is 0 Å². The lowest BCUT2D eigenvalue weighted by Gasteiger charge is -2.19. The molecule has 2 rings (SSSR count). The lowest BCUT2D eigenvalue weighted by molar-refractivity contribution is 0.112. The van der Waals surface area contributed by atoms with Gasteiger partial charge in [-0.25, -0.2) is 4.98 Å². The van der Waals surface area contributed by atoms with Gasteiger partial charge in [-0.1, -0.05) is 41.1 Å². The summed E-state index contributed by atoms with van der Waals surface area (Å²) in [7, 11) is 0. The van der Waals surface area contributed by atoms with Crippen molar-refractivity contribution in [2.24, 2.45) is 0 Å². The van der Waals surface area contributed by atoms with Crippen LogP contribution >= 0.6 is 22.9 Å². The molecule has 5 heteroatoms. The zero-order valence-electron chi connectivity index (χ0n) is 9.26. The molecule has 17 heavy (non-hydrogen) atoms. The highest BCUT2D eigenvalue weighted by Gasteiger charge is 2.14. The Balaban J connectivity index is 2.39. The molecule has 2 aromatic rings. The van der Waals surface area contributed by atoms with Gasteiger partial charge in [-0.15, -0.1) is 0 Å². The van der Waals surface area contributed by atoms with Gasteiger partial charge < -0.3 is 4.90 Å². The van der Waals surface area contributed by atoms with E-state index in [0.717, 1.165) is 23.6 Å². The molecule has 1 aromatic heterocycles. The minimum atomic E-state index is 0.273. The largest absolute Gasteiger partial charge is 0.318 e. The summed E-state index contributed by atoms with van der Waals surface area (Å²) in [6.45, 7) is 2.80. The minimum Gasteiger partial charge on any atom is -0.318 e. The molecule has 0 unspecified atom stereocenters. The van der Waals surface area contributed by atoms with E-state index in [1.165, 1.54) is 11.3 Å². The molecule has 88 valence electrons. The number of halogens is 1. The maximum absolute atomic E-state index is 10.8. The van der Waals surface area contributed by atoms with Crippen LogP contribution in [0.5, 0.6) is 0 Å². The molecule has 0 aliphatic rings. The van der Waals surface area contributed by atoms with Gasteiger partial charge in [-0.3, -0.25) is 4.79 Å². The molecule has 0 spiro atoms. The van der Waals surface area contributed by atoms with Gasteiger partial charge in [0.2, 0.25) is 0 Å². The highest BCUT2D eigenvalue weighted by atomic mass is 35.5. The van der Waals surface area contributed by atoms with E-state index in [2.05, 4.69) is 4.98 Å². The van der Waals surface area contributed by atoms with Crippen LogP contribution in [-0.2, 0) is 0 Å². The van der Waals surface area contributed by atoms with Crippen molar-refractivity contribution < 1.29 is 4.79 Å². The van der Waals surface area contributed by atoms with E-state index < -0.39 is 0 Å². The van der Waals surface area contributed by atoms with Crippen LogP contribution in [0.3, 0.4) is 0 Å². The topological polar surface area (TPSA) is 33.2 Å². The van der Waals surface area contributed by atoms with E-state index >= 15 is 0 Å². The first-order chi connectivity index (χ1) is 8.26. The van der Waals surface area contributed by atoms with Crippen molar-refractivity contribution >= 4 is 40.0 Å². The van der Waals surface area contributed by atoms with E-state index in [0.29, 0.717) is 4.88 Å². The average Bonchev–Trinajstić information content (AvgIpc) is 2.73. The third-order valence-corrected chi connectivity index (χ3v) is 3.72. The molecule has 0 fully saturated rings. The van der Waals surface area contributed by atoms with Crippen LogP contribution in [-0.4, -0.2) is 17.8 Å². The van der Waals surface area contributed by atoms with Crippen molar-refractivity contribution in [2.75, 3.05) is 11.4 Å². The van der Waals surface area contributed by atoms with Crippen LogP contribution < -0.4 is 4.90 Å². The molecular weight excluding hydrogens is 256 g/mol. The minimum absolute atomic E-state index is 0.273. The highest BCUT2D eigenvalue weighted by Crippen LogP contribution is 2.32. The molecule has 0 saturated carbocycles. The molecule has 0 radical (unpaired) electrons. The summed E-state index contributed by atoms with van der Waals surface area (Å²) in [5, 5.41) is 1.01. The van der Waals surface area contributed by atoms with Gasteiger partial charge in [0.15, 0.2) is 16.6 Å². The first-order valence-corrected chi connectivity index (χ1v) is 6.39. The standard InChI is InChI=1S/C12H11ClN2OS/c1-2-15(9-6-4-3-5-7-9)12-14-11(13)10(8-16)17-12/h3-8H,2H2,1H3. The van der Waals surface area contributed by atoms with Crippen LogP contribution in [0, 0.1) is 0 Å². The fraction of sp³-hybridized carbons (Fsp3) is 0.167. The van der Waals surface area contributed by atoms with Crippen molar-refractivity contribution in [3.8, 4) is 0 Å². The maximum atomic E-state index is 10.8. The van der Waals surface area contributed by atoms with E-state index in [1.54, 1.807) is 0 Å². The van der Waals surface area contributed by atoms with Crippen LogP contribution in [0.25, 0.3) is 0 Å². The second-order valence-electron chi connectivity index (χ2n) is 3.35. The fourth-order valence-corrected chi connectivity index (χ4v) is 2.67. The molecule has 0 bridgehead atoms. The molecular formula is C12H11ClN2OS. The summed E-state index contributed by atoms with van der Waals surface area (Å²) in [6, 6.07) is 9.89. The number of rotatable bonds is 4. The van der Waals surface area contributed by atoms with Crippen LogP contribution in [0.2, 0.25) is 5.15 Å². The second-order valence-corrected chi connectivity index (χ2v) is 4.72. The Morgan fingerprint density at radius 2 is 2.12 bits per heavy atom. The molecule has 0 N–H and O–H groups in total. The number of thiazole rings is 1. The Kier molecular flexibility index (Phi) is 3.76. The number of carbonyl (C=O) groups excluding carboxylic acids is 1. The summed E-state index contributed by atoms with van der Waals surface area (Å²) in [4.78, 5) is 17.4. The number of nitrogens with zero attached hydrogens (tertiary/aromatic N) is 2. The van der Waals surface area contributed by atoms with Gasteiger partial charge in [0.05, 0.1) is 0 Å². The molecule has 0 aliphatic heterocycles. The fourth-order valence-electron chi connectivity index (χ4n) is 1.53. The highest BCUT2D eigenvalue weighted by molar-refractivity contribution is 7.17. The van der Waals surface area contributed by atoms with Crippen LogP contribution in [0.4, 0.5) is 10.8 Å². The molecule has 3 nitrogen and oxygen atoms in total. The first kappa shape index (κ1) is 12.1. The van der Waals surface area contributed by atoms with E-state index in [-0.39, 0.29) is 5.15 Å².